The van der Waals surface area contributed by atoms with Crippen molar-refractivity contribution >= 4 is 12.2 Å². The number of ether oxygens (including phenoxy) is 1. The summed E-state index contributed by atoms with van der Waals surface area (Å²) in [6.07, 6.45) is 0. The van der Waals surface area contributed by atoms with Crippen molar-refractivity contribution < 1.29 is 9.42 Å². The van der Waals surface area contributed by atoms with Crippen LogP contribution in [0, 0.1) is 11.6 Å². The number of nitrogens with one attached hydrogen (secondary N) is 2. The van der Waals surface area contributed by atoms with Crippen LogP contribution in [0.25, 0.3) is 0 Å². The number of nitrogens with zero attached hydrogens (tertiary/aromatic N) is 1. The number of hydrogen-bond donors (Lipinski definition) is 2. The van der Waals surface area contributed by atoms with Gasteiger partial charge in [0.2, 0.25) is 6.73 Å². The summed E-state index contributed by atoms with van der Waals surface area (Å²) in [7, 11) is 0. The summed E-state index contributed by atoms with van der Waals surface area (Å²) in [6.45, 7) is 5.12. The number of aromatic nitrogens is 3. The maximum absolute atomic E-state index is 5.18. The third kappa shape index (κ3) is 1.87. The van der Waals surface area contributed by atoms with Crippen LogP contribution >= 0.6 is 12.2 Å². The first-order valence-electron chi connectivity index (χ1n) is 3.50. The molecule has 0 aliphatic heterocycles. The van der Waals surface area contributed by atoms with Gasteiger partial charge in [0.1, 0.15) is 0 Å². The Kier molecular flexibility index (Phi) is 2.78. The van der Waals surface area contributed by atoms with Crippen molar-refractivity contribution in [2.45, 2.75) is 20.6 Å². The van der Waals surface area contributed by atoms with Crippen LogP contribution < -0.4 is 4.68 Å². The number of H-pyrrole nitrogens is 2. The van der Waals surface area contributed by atoms with Crippen LogP contribution in [0.2, 0.25) is 0 Å². The molecule has 0 atom stereocenters. The summed E-state index contributed by atoms with van der Waals surface area (Å²) in [5, 5.41) is 5.69. The topological polar surface area (TPSA) is 44.7 Å². The summed E-state index contributed by atoms with van der Waals surface area (Å²) in [5.74, 6) is 0. The summed E-state index contributed by atoms with van der Waals surface area (Å²) >= 11 is 4.96. The van der Waals surface area contributed by atoms with Crippen LogP contribution in [-0.4, -0.2) is 16.9 Å². The summed E-state index contributed by atoms with van der Waals surface area (Å²) in [4.78, 5) is 0. The normalized spacial score (nSPS) is 10.4. The zero-order chi connectivity index (χ0) is 8.27. The SMILES string of the molecule is CCOC[n+]1[nH][nH]c(=S)c1C. The molecule has 0 amide bonds. The standard InChI is InChI=1S/C6H11N3OS/c1-3-10-4-9-5(2)6(11)7-8-9/h11H,3-4H2,1-2H3/p+1. The highest BCUT2D eigenvalue weighted by Gasteiger charge is 2.05. The van der Waals surface area contributed by atoms with Crippen LogP contribution in [-0.2, 0) is 11.5 Å². The quantitative estimate of drug-likeness (QED) is 0.522. The van der Waals surface area contributed by atoms with Gasteiger partial charge in [-0.2, -0.15) is 5.10 Å². The Bertz CT molecular complexity index is 278. The van der Waals surface area contributed by atoms with E-state index in [1.54, 1.807) is 0 Å². The molecule has 0 aromatic carbocycles. The van der Waals surface area contributed by atoms with Crippen LogP contribution in [0.4, 0.5) is 0 Å². The number of aromatic amines is 2. The minimum Gasteiger partial charge on any atom is -0.341 e. The molecule has 11 heavy (non-hydrogen) atoms. The molecule has 4 nitrogen and oxygen atoms in total. The van der Waals surface area contributed by atoms with Crippen LogP contribution in [0.3, 0.4) is 0 Å². The average Bonchev–Trinajstić information content (AvgIpc) is 2.31. The van der Waals surface area contributed by atoms with E-state index < -0.39 is 0 Å². The molecule has 0 unspecified atom stereocenters. The average molecular weight is 174 g/mol. The first kappa shape index (κ1) is 8.42. The first-order valence-corrected chi connectivity index (χ1v) is 3.91. The van der Waals surface area contributed by atoms with E-state index in [1.807, 2.05) is 18.5 Å². The molecular formula is C6H12N3OS+. The zero-order valence-electron chi connectivity index (χ0n) is 6.68. The second kappa shape index (κ2) is 3.64. The Morgan fingerprint density at radius 1 is 1.64 bits per heavy atom. The largest absolute Gasteiger partial charge is 0.341 e. The Labute approximate surface area is 70.2 Å². The van der Waals surface area contributed by atoms with E-state index in [1.165, 1.54) is 0 Å². The van der Waals surface area contributed by atoms with Crippen molar-refractivity contribution in [3.63, 3.8) is 0 Å². The van der Waals surface area contributed by atoms with Gasteiger partial charge in [0.05, 0.1) is 0 Å². The molecule has 1 aromatic heterocycles. The molecule has 62 valence electrons. The Morgan fingerprint density at radius 2 is 2.36 bits per heavy atom. The molecule has 0 saturated heterocycles. The van der Waals surface area contributed by atoms with Crippen molar-refractivity contribution in [2.24, 2.45) is 0 Å². The minimum absolute atomic E-state index is 0.523. The maximum Gasteiger partial charge on any atom is 0.252 e. The predicted molar refractivity (Wildman–Crippen MR) is 42.5 cm³/mol. The van der Waals surface area contributed by atoms with Crippen molar-refractivity contribution in [1.82, 2.24) is 10.3 Å². The Hall–Kier alpha value is -0.680. The molecule has 0 spiro atoms. The third-order valence-electron chi connectivity index (χ3n) is 1.46. The van der Waals surface area contributed by atoms with Gasteiger partial charge in [0, 0.05) is 13.5 Å². The van der Waals surface area contributed by atoms with Gasteiger partial charge in [-0.15, -0.1) is 4.68 Å². The van der Waals surface area contributed by atoms with Gasteiger partial charge in [0.15, 0.2) is 5.69 Å². The lowest BCUT2D eigenvalue weighted by Gasteiger charge is -1.95. The molecule has 0 aliphatic rings. The van der Waals surface area contributed by atoms with E-state index in [0.717, 1.165) is 10.3 Å². The molecule has 1 rings (SSSR count). The molecular weight excluding hydrogens is 162 g/mol. The third-order valence-corrected chi connectivity index (χ3v) is 1.86. The molecule has 0 fully saturated rings. The number of hydrogen-bond acceptors (Lipinski definition) is 2. The van der Waals surface area contributed by atoms with Crippen LogP contribution in [0.1, 0.15) is 12.6 Å². The predicted octanol–water partition coefficient (Wildman–Crippen LogP) is 0.662. The van der Waals surface area contributed by atoms with E-state index >= 15 is 0 Å². The van der Waals surface area contributed by atoms with E-state index in [0.29, 0.717) is 13.3 Å². The Balaban J connectivity index is 2.71. The minimum atomic E-state index is 0.523. The van der Waals surface area contributed by atoms with E-state index in [2.05, 4.69) is 10.3 Å². The van der Waals surface area contributed by atoms with Crippen molar-refractivity contribution in [1.29, 1.82) is 0 Å². The van der Waals surface area contributed by atoms with E-state index in [-0.39, 0.29) is 0 Å². The fourth-order valence-electron chi connectivity index (χ4n) is 0.727. The monoisotopic (exact) mass is 174 g/mol. The second-order valence-electron chi connectivity index (χ2n) is 2.20. The first-order chi connectivity index (χ1) is 5.25. The fraction of sp³-hybridized carbons (Fsp3) is 0.667. The number of rotatable bonds is 3. The molecule has 1 aromatic rings. The lowest BCUT2D eigenvalue weighted by Crippen LogP contribution is -2.39. The summed E-state index contributed by atoms with van der Waals surface area (Å²) in [6, 6.07) is 0. The summed E-state index contributed by atoms with van der Waals surface area (Å²) in [5.41, 5.74) is 0.994. The summed E-state index contributed by atoms with van der Waals surface area (Å²) < 4.78 is 7.73. The smallest absolute Gasteiger partial charge is 0.252 e. The van der Waals surface area contributed by atoms with Gasteiger partial charge in [-0.3, -0.25) is 0 Å². The highest BCUT2D eigenvalue weighted by molar-refractivity contribution is 7.71. The highest BCUT2D eigenvalue weighted by atomic mass is 32.1. The molecule has 5 heteroatoms. The Morgan fingerprint density at radius 3 is 2.82 bits per heavy atom. The van der Waals surface area contributed by atoms with Crippen LogP contribution in [0.15, 0.2) is 0 Å². The van der Waals surface area contributed by atoms with Gasteiger partial charge in [-0.05, 0) is 19.1 Å². The zero-order valence-corrected chi connectivity index (χ0v) is 7.49. The maximum atomic E-state index is 5.18. The van der Waals surface area contributed by atoms with Gasteiger partial charge in [0.25, 0.3) is 4.64 Å². The molecule has 1 heterocycles. The lowest BCUT2D eigenvalue weighted by atomic mass is 10.5. The van der Waals surface area contributed by atoms with Crippen molar-refractivity contribution in [3.05, 3.63) is 10.3 Å². The van der Waals surface area contributed by atoms with Gasteiger partial charge >= 0.3 is 0 Å². The molecule has 2 N–H and O–H groups in total. The van der Waals surface area contributed by atoms with Crippen LogP contribution in [0.5, 0.6) is 0 Å². The van der Waals surface area contributed by atoms with E-state index in [9.17, 15) is 0 Å². The lowest BCUT2D eigenvalue weighted by molar-refractivity contribution is -0.789. The molecule has 0 radical (unpaired) electrons. The fourth-order valence-corrected chi connectivity index (χ4v) is 0.883. The van der Waals surface area contributed by atoms with Crippen molar-refractivity contribution in [3.8, 4) is 0 Å². The van der Waals surface area contributed by atoms with Gasteiger partial charge < -0.3 is 4.74 Å². The molecule has 0 aliphatic carbocycles. The van der Waals surface area contributed by atoms with Gasteiger partial charge in [-0.1, -0.05) is 5.21 Å². The second-order valence-corrected chi connectivity index (χ2v) is 2.61. The van der Waals surface area contributed by atoms with Crippen molar-refractivity contribution in [2.75, 3.05) is 6.61 Å². The molecule has 0 bridgehead atoms. The van der Waals surface area contributed by atoms with Gasteiger partial charge in [-0.25, -0.2) is 0 Å². The van der Waals surface area contributed by atoms with E-state index in [4.69, 9.17) is 17.0 Å². The highest BCUT2D eigenvalue weighted by Crippen LogP contribution is 1.87. The molecule has 0 saturated carbocycles.